The van der Waals surface area contributed by atoms with Crippen LogP contribution >= 0.6 is 11.3 Å². The van der Waals surface area contributed by atoms with Gasteiger partial charge in [-0.1, -0.05) is 5.16 Å². The van der Waals surface area contributed by atoms with E-state index in [9.17, 15) is 0 Å². The fourth-order valence-corrected chi connectivity index (χ4v) is 3.32. The van der Waals surface area contributed by atoms with Crippen molar-refractivity contribution in [1.29, 1.82) is 0 Å². The molecule has 0 spiro atoms. The summed E-state index contributed by atoms with van der Waals surface area (Å²) in [6.45, 7) is 8.23. The van der Waals surface area contributed by atoms with Gasteiger partial charge < -0.3 is 14.6 Å². The molecule has 1 fully saturated rings. The van der Waals surface area contributed by atoms with Gasteiger partial charge in [0.05, 0.1) is 12.6 Å². The summed E-state index contributed by atoms with van der Waals surface area (Å²) in [5.74, 6) is 2.02. The van der Waals surface area contributed by atoms with Crippen molar-refractivity contribution >= 4 is 11.3 Å². The average molecular weight is 308 g/mol. The van der Waals surface area contributed by atoms with Crippen LogP contribution in [0.2, 0.25) is 0 Å². The smallest absolute Gasteiger partial charge is 0.271 e. The third kappa shape index (κ3) is 2.68. The summed E-state index contributed by atoms with van der Waals surface area (Å²) >= 11 is 1.54. The maximum absolute atomic E-state index is 5.46. The van der Waals surface area contributed by atoms with Gasteiger partial charge in [-0.2, -0.15) is 4.98 Å². The van der Waals surface area contributed by atoms with Gasteiger partial charge in [-0.25, -0.2) is 0 Å². The maximum Gasteiger partial charge on any atom is 0.271 e. The number of ether oxygens (including phenoxy) is 1. The molecule has 0 atom stereocenters. The Bertz CT molecular complexity index is 602. The molecule has 0 saturated carbocycles. The van der Waals surface area contributed by atoms with E-state index in [0.717, 1.165) is 42.6 Å². The molecule has 2 aromatic heterocycles. The van der Waals surface area contributed by atoms with Crippen LogP contribution in [-0.4, -0.2) is 48.3 Å². The maximum atomic E-state index is 5.46. The molecule has 1 N–H and O–H groups in total. The summed E-state index contributed by atoms with van der Waals surface area (Å²) < 4.78 is 10.8. The molecule has 114 valence electrons. The third-order valence-corrected chi connectivity index (χ3v) is 4.81. The number of hydrogen-bond acceptors (Lipinski definition) is 7. The van der Waals surface area contributed by atoms with Crippen LogP contribution in [0.4, 0.5) is 0 Å². The number of nitrogens with one attached hydrogen (secondary N) is 1. The highest BCUT2D eigenvalue weighted by Crippen LogP contribution is 2.35. The molecule has 1 aliphatic rings. The predicted octanol–water partition coefficient (Wildman–Crippen LogP) is 1.95. The SMILES string of the molecule is COc1ccsc1-c1nc(C(C)(C)N2CCNCC2)no1. The van der Waals surface area contributed by atoms with E-state index in [1.807, 2.05) is 11.4 Å². The lowest BCUT2D eigenvalue weighted by molar-refractivity contribution is 0.0925. The molecular formula is C14H20N4O2S. The Morgan fingerprint density at radius 1 is 1.38 bits per heavy atom. The second kappa shape index (κ2) is 5.75. The van der Waals surface area contributed by atoms with Crippen molar-refractivity contribution in [3.8, 4) is 16.5 Å². The minimum absolute atomic E-state index is 0.242. The second-order valence-corrected chi connectivity index (χ2v) is 6.45. The molecule has 2 aromatic rings. The number of hydrogen-bond donors (Lipinski definition) is 1. The topological polar surface area (TPSA) is 63.4 Å². The summed E-state index contributed by atoms with van der Waals surface area (Å²) in [7, 11) is 1.65. The molecular weight excluding hydrogens is 288 g/mol. The van der Waals surface area contributed by atoms with Gasteiger partial charge in [0.1, 0.15) is 10.6 Å². The molecule has 0 aliphatic carbocycles. The van der Waals surface area contributed by atoms with Crippen LogP contribution in [0.15, 0.2) is 16.0 Å². The van der Waals surface area contributed by atoms with E-state index in [1.54, 1.807) is 18.4 Å². The third-order valence-electron chi connectivity index (χ3n) is 3.92. The zero-order valence-electron chi connectivity index (χ0n) is 12.5. The Hall–Kier alpha value is -1.44. The molecule has 7 heteroatoms. The van der Waals surface area contributed by atoms with Crippen molar-refractivity contribution in [2.75, 3.05) is 33.3 Å². The largest absolute Gasteiger partial charge is 0.495 e. The first-order valence-corrected chi connectivity index (χ1v) is 7.92. The summed E-state index contributed by atoms with van der Waals surface area (Å²) in [5, 5.41) is 9.52. The van der Waals surface area contributed by atoms with Gasteiger partial charge in [0.25, 0.3) is 5.89 Å². The van der Waals surface area contributed by atoms with E-state index in [0.29, 0.717) is 5.89 Å². The first-order valence-electron chi connectivity index (χ1n) is 7.04. The molecule has 3 heterocycles. The lowest BCUT2D eigenvalue weighted by Gasteiger charge is -2.38. The van der Waals surface area contributed by atoms with Crippen molar-refractivity contribution in [3.05, 3.63) is 17.3 Å². The molecule has 6 nitrogen and oxygen atoms in total. The Kier molecular flexibility index (Phi) is 3.97. The number of rotatable bonds is 4. The summed E-state index contributed by atoms with van der Waals surface area (Å²) in [4.78, 5) is 7.86. The summed E-state index contributed by atoms with van der Waals surface area (Å²) in [5.41, 5.74) is -0.242. The summed E-state index contributed by atoms with van der Waals surface area (Å²) in [6, 6.07) is 1.91. The highest BCUT2D eigenvalue weighted by atomic mass is 32.1. The number of methoxy groups -OCH3 is 1. The highest BCUT2D eigenvalue weighted by Gasteiger charge is 2.34. The average Bonchev–Trinajstić information content (AvgIpc) is 3.16. The normalized spacial score (nSPS) is 17.1. The van der Waals surface area contributed by atoms with E-state index >= 15 is 0 Å². The molecule has 0 bridgehead atoms. The van der Waals surface area contributed by atoms with Crippen LogP contribution in [0, 0.1) is 0 Å². The van der Waals surface area contributed by atoms with Gasteiger partial charge in [-0.3, -0.25) is 4.90 Å². The number of thiophene rings is 1. The quantitative estimate of drug-likeness (QED) is 0.931. The number of piperazine rings is 1. The first kappa shape index (κ1) is 14.5. The van der Waals surface area contributed by atoms with Gasteiger partial charge in [-0.05, 0) is 25.3 Å². The van der Waals surface area contributed by atoms with Crippen molar-refractivity contribution in [3.63, 3.8) is 0 Å². The minimum atomic E-state index is -0.242. The number of aromatic nitrogens is 2. The standard InChI is InChI=1S/C14H20N4O2S/c1-14(2,18-7-5-15-6-8-18)13-16-12(20-17-13)11-10(19-3)4-9-21-11/h4,9,15H,5-8H2,1-3H3. The van der Waals surface area contributed by atoms with Gasteiger partial charge in [0.2, 0.25) is 0 Å². The van der Waals surface area contributed by atoms with Crippen LogP contribution in [0.1, 0.15) is 19.7 Å². The van der Waals surface area contributed by atoms with E-state index in [-0.39, 0.29) is 5.54 Å². The van der Waals surface area contributed by atoms with E-state index in [4.69, 9.17) is 9.26 Å². The van der Waals surface area contributed by atoms with E-state index in [2.05, 4.69) is 34.2 Å². The zero-order valence-corrected chi connectivity index (χ0v) is 13.4. The van der Waals surface area contributed by atoms with Crippen LogP contribution in [0.5, 0.6) is 5.75 Å². The molecule has 1 saturated heterocycles. The Labute approximate surface area is 128 Å². The Morgan fingerprint density at radius 2 is 2.14 bits per heavy atom. The van der Waals surface area contributed by atoms with Crippen molar-refractivity contribution < 1.29 is 9.26 Å². The van der Waals surface area contributed by atoms with Gasteiger partial charge in [0.15, 0.2) is 5.82 Å². The van der Waals surface area contributed by atoms with Crippen LogP contribution in [-0.2, 0) is 5.54 Å². The molecule has 1 aliphatic heterocycles. The Balaban J connectivity index is 1.87. The molecule has 3 rings (SSSR count). The molecule has 21 heavy (non-hydrogen) atoms. The van der Waals surface area contributed by atoms with Gasteiger partial charge >= 0.3 is 0 Å². The predicted molar refractivity (Wildman–Crippen MR) is 81.6 cm³/mol. The lowest BCUT2D eigenvalue weighted by atomic mass is 10.0. The second-order valence-electron chi connectivity index (χ2n) is 5.54. The fourth-order valence-electron chi connectivity index (χ4n) is 2.54. The lowest BCUT2D eigenvalue weighted by Crippen LogP contribution is -2.52. The summed E-state index contributed by atoms with van der Waals surface area (Å²) in [6.07, 6.45) is 0. The molecule has 0 unspecified atom stereocenters. The van der Waals surface area contributed by atoms with Crippen molar-refractivity contribution in [2.45, 2.75) is 19.4 Å². The fraction of sp³-hybridized carbons (Fsp3) is 0.571. The van der Waals surface area contributed by atoms with E-state index < -0.39 is 0 Å². The minimum Gasteiger partial charge on any atom is -0.495 e. The van der Waals surface area contributed by atoms with Crippen molar-refractivity contribution in [1.82, 2.24) is 20.4 Å². The first-order chi connectivity index (χ1) is 10.1. The molecule has 0 amide bonds. The van der Waals surface area contributed by atoms with Crippen LogP contribution in [0.3, 0.4) is 0 Å². The zero-order chi connectivity index (χ0) is 14.9. The van der Waals surface area contributed by atoms with Crippen LogP contribution < -0.4 is 10.1 Å². The molecule has 0 radical (unpaired) electrons. The van der Waals surface area contributed by atoms with Gasteiger partial charge in [-0.15, -0.1) is 11.3 Å². The number of nitrogens with zero attached hydrogens (tertiary/aromatic N) is 3. The van der Waals surface area contributed by atoms with Crippen LogP contribution in [0.25, 0.3) is 10.8 Å². The van der Waals surface area contributed by atoms with Crippen molar-refractivity contribution in [2.24, 2.45) is 0 Å². The Morgan fingerprint density at radius 3 is 2.86 bits per heavy atom. The molecule has 0 aromatic carbocycles. The highest BCUT2D eigenvalue weighted by molar-refractivity contribution is 7.13. The van der Waals surface area contributed by atoms with Gasteiger partial charge in [0, 0.05) is 26.2 Å². The monoisotopic (exact) mass is 308 g/mol. The van der Waals surface area contributed by atoms with E-state index in [1.165, 1.54) is 0 Å².